The van der Waals surface area contributed by atoms with E-state index in [1.165, 1.54) is 60.0 Å². The lowest BCUT2D eigenvalue weighted by Crippen LogP contribution is -2.09. The van der Waals surface area contributed by atoms with Crippen LogP contribution in [0.2, 0.25) is 0 Å². The molecule has 304 valence electrons. The lowest BCUT2D eigenvalue weighted by molar-refractivity contribution is 0.669. The second-order valence-corrected chi connectivity index (χ2v) is 16.9. The number of nitrogens with zero attached hydrogens (tertiary/aromatic N) is 2. The first-order valence-electron chi connectivity index (χ1n) is 22.2. The Morgan fingerprint density at radius 1 is 0.308 bits per heavy atom. The fourth-order valence-electron chi connectivity index (χ4n) is 10.1. The molecular weight excluding hydrogens is 789 g/mol. The van der Waals surface area contributed by atoms with Crippen molar-refractivity contribution in [3.8, 4) is 39.1 Å². The molecule has 13 rings (SSSR count). The first-order valence-corrected chi connectivity index (χ1v) is 22.2. The molecular formula is C62H40N2O. The minimum Gasteiger partial charge on any atom is -0.456 e. The van der Waals surface area contributed by atoms with Crippen LogP contribution in [0.15, 0.2) is 247 Å². The molecule has 0 N–H and O–H groups in total. The van der Waals surface area contributed by atoms with Gasteiger partial charge in [-0.05, 0) is 134 Å². The maximum absolute atomic E-state index is 6.24. The average Bonchev–Trinajstić information content (AvgIpc) is 3.93. The Balaban J connectivity index is 0.864. The van der Waals surface area contributed by atoms with Crippen LogP contribution in [0, 0.1) is 0 Å². The van der Waals surface area contributed by atoms with E-state index in [1.54, 1.807) is 0 Å². The summed E-state index contributed by atoms with van der Waals surface area (Å²) >= 11 is 0. The zero-order valence-electron chi connectivity index (χ0n) is 35.4. The van der Waals surface area contributed by atoms with E-state index in [2.05, 4.69) is 240 Å². The van der Waals surface area contributed by atoms with Crippen LogP contribution in [0.3, 0.4) is 0 Å². The molecule has 0 aliphatic heterocycles. The van der Waals surface area contributed by atoms with Gasteiger partial charge in [-0.1, -0.05) is 164 Å². The fourth-order valence-corrected chi connectivity index (χ4v) is 10.1. The van der Waals surface area contributed by atoms with Crippen LogP contribution < -0.4 is 4.90 Å². The Hall–Kier alpha value is -8.66. The molecule has 2 aromatic heterocycles. The Morgan fingerprint density at radius 2 is 0.831 bits per heavy atom. The van der Waals surface area contributed by atoms with Gasteiger partial charge in [0.15, 0.2) is 0 Å². The van der Waals surface area contributed by atoms with Gasteiger partial charge in [-0.15, -0.1) is 0 Å². The molecule has 0 unspecified atom stereocenters. The van der Waals surface area contributed by atoms with Crippen molar-refractivity contribution in [1.82, 2.24) is 4.57 Å². The molecule has 2 heterocycles. The molecule has 0 fully saturated rings. The second-order valence-electron chi connectivity index (χ2n) is 16.9. The summed E-state index contributed by atoms with van der Waals surface area (Å²) in [6.45, 7) is 0. The van der Waals surface area contributed by atoms with Crippen molar-refractivity contribution < 1.29 is 4.42 Å². The maximum atomic E-state index is 6.24. The number of furan rings is 1. The average molecular weight is 829 g/mol. The van der Waals surface area contributed by atoms with Gasteiger partial charge in [-0.3, -0.25) is 0 Å². The molecule has 0 saturated carbocycles. The zero-order valence-corrected chi connectivity index (χ0v) is 35.4. The van der Waals surface area contributed by atoms with Crippen molar-refractivity contribution in [2.45, 2.75) is 0 Å². The van der Waals surface area contributed by atoms with Crippen molar-refractivity contribution in [2.24, 2.45) is 0 Å². The van der Waals surface area contributed by atoms with Crippen LogP contribution in [0.25, 0.3) is 104 Å². The predicted octanol–water partition coefficient (Wildman–Crippen LogP) is 17.5. The quantitative estimate of drug-likeness (QED) is 0.149. The third kappa shape index (κ3) is 6.20. The molecule has 13 aromatic rings. The number of hydrogen-bond acceptors (Lipinski definition) is 2. The normalized spacial score (nSPS) is 11.7. The monoisotopic (exact) mass is 828 g/mol. The van der Waals surface area contributed by atoms with E-state index in [0.29, 0.717) is 0 Å². The third-order valence-corrected chi connectivity index (χ3v) is 13.2. The largest absolute Gasteiger partial charge is 0.456 e. The van der Waals surface area contributed by atoms with Gasteiger partial charge in [0.05, 0.1) is 11.0 Å². The number of aromatic nitrogens is 1. The summed E-state index contributed by atoms with van der Waals surface area (Å²) in [7, 11) is 0. The van der Waals surface area contributed by atoms with E-state index in [-0.39, 0.29) is 0 Å². The van der Waals surface area contributed by atoms with Gasteiger partial charge in [0.2, 0.25) is 0 Å². The number of hydrogen-bond donors (Lipinski definition) is 0. The molecule has 0 saturated heterocycles. The fraction of sp³-hybridized carbons (Fsp3) is 0. The van der Waals surface area contributed by atoms with E-state index in [1.807, 2.05) is 12.1 Å². The zero-order chi connectivity index (χ0) is 42.8. The van der Waals surface area contributed by atoms with Crippen LogP contribution in [0.1, 0.15) is 0 Å². The highest BCUT2D eigenvalue weighted by molar-refractivity contribution is 6.13. The molecule has 65 heavy (non-hydrogen) atoms. The number of rotatable bonds is 7. The first kappa shape index (κ1) is 36.9. The standard InChI is InChI=1S/C62H40N2O/c1-2-14-52-44(11-1)23-24-47-40-51(37-38-53(47)52)63(48-31-25-41(26-32-48)42-27-35-50(36-28-42)64-58-19-6-3-15-55(58)56-16-4-7-20-59(56)64)49-33-29-43(30-34-49)45-12-9-13-46(39-45)54-18-10-22-61-62(54)57-17-5-8-21-60(57)65-61/h1-40H. The smallest absolute Gasteiger partial charge is 0.136 e. The van der Waals surface area contributed by atoms with E-state index in [4.69, 9.17) is 4.42 Å². The number of anilines is 3. The van der Waals surface area contributed by atoms with Gasteiger partial charge in [0, 0.05) is 44.3 Å². The highest BCUT2D eigenvalue weighted by atomic mass is 16.3. The maximum Gasteiger partial charge on any atom is 0.136 e. The van der Waals surface area contributed by atoms with E-state index >= 15 is 0 Å². The Labute approximate surface area is 376 Å². The lowest BCUT2D eigenvalue weighted by atomic mass is 9.96. The molecule has 0 radical (unpaired) electrons. The summed E-state index contributed by atoms with van der Waals surface area (Å²) in [5, 5.41) is 9.79. The lowest BCUT2D eigenvalue weighted by Gasteiger charge is -2.26. The Morgan fingerprint density at radius 3 is 1.55 bits per heavy atom. The van der Waals surface area contributed by atoms with Gasteiger partial charge in [0.1, 0.15) is 11.2 Å². The van der Waals surface area contributed by atoms with E-state index < -0.39 is 0 Å². The van der Waals surface area contributed by atoms with E-state index in [0.717, 1.165) is 61.4 Å². The van der Waals surface area contributed by atoms with Gasteiger partial charge in [-0.2, -0.15) is 0 Å². The minimum atomic E-state index is 0.905. The highest BCUT2D eigenvalue weighted by Gasteiger charge is 2.17. The van der Waals surface area contributed by atoms with Crippen molar-refractivity contribution >= 4 is 82.4 Å². The molecule has 11 aromatic carbocycles. The molecule has 0 spiro atoms. The van der Waals surface area contributed by atoms with Crippen LogP contribution in [-0.2, 0) is 0 Å². The SMILES string of the molecule is c1cc(-c2ccc(N(c3ccc(-c4ccc(-n5c6ccccc6c6ccccc65)cc4)cc3)c3ccc4c(ccc5ccccc54)c3)cc2)cc(-c2cccc3oc4ccccc4c23)c1. The van der Waals surface area contributed by atoms with Gasteiger partial charge in [0.25, 0.3) is 0 Å². The topological polar surface area (TPSA) is 21.3 Å². The third-order valence-electron chi connectivity index (χ3n) is 13.2. The number of fused-ring (bicyclic) bond motifs is 9. The summed E-state index contributed by atoms with van der Waals surface area (Å²) in [6, 6.07) is 87.7. The van der Waals surface area contributed by atoms with Crippen LogP contribution in [-0.4, -0.2) is 4.57 Å². The molecule has 3 heteroatoms. The van der Waals surface area contributed by atoms with E-state index in [9.17, 15) is 0 Å². The molecule has 0 atom stereocenters. The Kier molecular flexibility index (Phi) is 8.53. The predicted molar refractivity (Wildman–Crippen MR) is 274 cm³/mol. The van der Waals surface area contributed by atoms with Crippen molar-refractivity contribution in [1.29, 1.82) is 0 Å². The molecule has 3 nitrogen and oxygen atoms in total. The van der Waals surface area contributed by atoms with Crippen LogP contribution in [0.4, 0.5) is 17.1 Å². The second kappa shape index (κ2) is 15.0. The minimum absolute atomic E-state index is 0.905. The number of benzene rings is 11. The highest BCUT2D eigenvalue weighted by Crippen LogP contribution is 2.41. The molecule has 0 aliphatic carbocycles. The summed E-state index contributed by atoms with van der Waals surface area (Å²) in [6.07, 6.45) is 0. The van der Waals surface area contributed by atoms with Gasteiger partial charge in [-0.25, -0.2) is 0 Å². The molecule has 0 amide bonds. The first-order chi connectivity index (χ1) is 32.2. The van der Waals surface area contributed by atoms with Crippen LogP contribution in [0.5, 0.6) is 0 Å². The summed E-state index contributed by atoms with van der Waals surface area (Å²) in [4.78, 5) is 2.37. The summed E-state index contributed by atoms with van der Waals surface area (Å²) < 4.78 is 8.61. The molecule has 0 bridgehead atoms. The van der Waals surface area contributed by atoms with Gasteiger partial charge >= 0.3 is 0 Å². The van der Waals surface area contributed by atoms with Gasteiger partial charge < -0.3 is 13.9 Å². The van der Waals surface area contributed by atoms with Crippen molar-refractivity contribution in [3.05, 3.63) is 243 Å². The van der Waals surface area contributed by atoms with Crippen molar-refractivity contribution in [2.75, 3.05) is 4.90 Å². The Bertz CT molecular complexity index is 3880. The van der Waals surface area contributed by atoms with Crippen LogP contribution >= 0.6 is 0 Å². The van der Waals surface area contributed by atoms with Crippen molar-refractivity contribution in [3.63, 3.8) is 0 Å². The number of para-hydroxylation sites is 3. The summed E-state index contributed by atoms with van der Waals surface area (Å²) in [5.74, 6) is 0. The molecule has 0 aliphatic rings. The summed E-state index contributed by atoms with van der Waals surface area (Å²) in [5.41, 5.74) is 15.7.